The Balaban J connectivity index is 3.55. The predicted octanol–water partition coefficient (Wildman–Crippen LogP) is 0.853. The Hall–Kier alpha value is -2.09. The van der Waals surface area contributed by atoms with E-state index >= 15 is 0 Å². The highest BCUT2D eigenvalue weighted by Gasteiger charge is 2.27. The second kappa shape index (κ2) is 6.57. The molecule has 1 aromatic rings. The molecule has 116 valence electrons. The van der Waals surface area contributed by atoms with E-state index in [0.29, 0.717) is 0 Å². The number of ketones is 1. The molecule has 0 aromatic heterocycles. The van der Waals surface area contributed by atoms with Crippen molar-refractivity contribution in [1.29, 1.82) is 0 Å². The minimum atomic E-state index is -3.75. The first-order chi connectivity index (χ1) is 9.76. The van der Waals surface area contributed by atoms with E-state index < -0.39 is 21.6 Å². The van der Waals surface area contributed by atoms with Crippen LogP contribution in [0.4, 0.5) is 0 Å². The summed E-state index contributed by atoms with van der Waals surface area (Å²) in [7, 11) is -1.09. The molecule has 0 fully saturated rings. The van der Waals surface area contributed by atoms with Gasteiger partial charge in [0.1, 0.15) is 0 Å². The average Bonchev–Trinajstić information content (AvgIpc) is 2.44. The van der Waals surface area contributed by atoms with Gasteiger partial charge in [0, 0.05) is 12.3 Å². The van der Waals surface area contributed by atoms with Crippen molar-refractivity contribution >= 4 is 21.6 Å². The maximum Gasteiger partial charge on any atom is 0.379 e. The lowest BCUT2D eigenvalue weighted by molar-refractivity contribution is -0.137. The van der Waals surface area contributed by atoms with Gasteiger partial charge in [-0.2, -0.15) is 0 Å². The van der Waals surface area contributed by atoms with E-state index in [1.54, 1.807) is 0 Å². The monoisotopic (exact) mass is 316 g/mol. The van der Waals surface area contributed by atoms with Crippen LogP contribution in [-0.2, 0) is 19.4 Å². The maximum atomic E-state index is 12.0. The number of carbonyl (C=O) groups excluding carboxylic acids is 2. The molecule has 0 aliphatic rings. The number of sulfone groups is 1. The molecule has 7 nitrogen and oxygen atoms in total. The highest BCUT2D eigenvalue weighted by Crippen LogP contribution is 2.33. The Labute approximate surface area is 122 Å². The van der Waals surface area contributed by atoms with Gasteiger partial charge < -0.3 is 14.2 Å². The minimum Gasteiger partial charge on any atom is -0.493 e. The van der Waals surface area contributed by atoms with Gasteiger partial charge in [0.15, 0.2) is 21.3 Å². The SMILES string of the molecule is CCOC(=O)C(=O)c1cc(OC)c(OC)cc1S(C)(=O)=O. The lowest BCUT2D eigenvalue weighted by Crippen LogP contribution is -2.20. The van der Waals surface area contributed by atoms with Gasteiger partial charge in [0.25, 0.3) is 5.78 Å². The summed E-state index contributed by atoms with van der Waals surface area (Å²) in [5, 5.41) is 0. The normalized spacial score (nSPS) is 10.9. The smallest absolute Gasteiger partial charge is 0.379 e. The molecule has 0 bridgehead atoms. The molecule has 0 spiro atoms. The van der Waals surface area contributed by atoms with E-state index in [4.69, 9.17) is 9.47 Å². The maximum absolute atomic E-state index is 12.0. The van der Waals surface area contributed by atoms with Gasteiger partial charge in [-0.25, -0.2) is 13.2 Å². The molecule has 21 heavy (non-hydrogen) atoms. The third-order valence-electron chi connectivity index (χ3n) is 2.59. The summed E-state index contributed by atoms with van der Waals surface area (Å²) < 4.78 is 38.2. The van der Waals surface area contributed by atoms with E-state index in [2.05, 4.69) is 4.74 Å². The van der Waals surface area contributed by atoms with E-state index in [1.807, 2.05) is 0 Å². The van der Waals surface area contributed by atoms with Crippen LogP contribution in [-0.4, -0.2) is 47.3 Å². The number of hydrogen-bond acceptors (Lipinski definition) is 7. The molecule has 0 unspecified atom stereocenters. The second-order valence-electron chi connectivity index (χ2n) is 4.03. The molecule has 0 saturated heterocycles. The van der Waals surface area contributed by atoms with Crippen LogP contribution < -0.4 is 9.47 Å². The first-order valence-corrected chi connectivity index (χ1v) is 7.82. The zero-order valence-corrected chi connectivity index (χ0v) is 12.9. The Kier molecular flexibility index (Phi) is 5.31. The molecular weight excluding hydrogens is 300 g/mol. The van der Waals surface area contributed by atoms with Crippen molar-refractivity contribution in [3.63, 3.8) is 0 Å². The molecule has 0 amide bonds. The third-order valence-corrected chi connectivity index (χ3v) is 3.73. The van der Waals surface area contributed by atoms with Crippen LogP contribution in [0.3, 0.4) is 0 Å². The van der Waals surface area contributed by atoms with Crippen LogP contribution in [0, 0.1) is 0 Å². The number of methoxy groups -OCH3 is 2. The first kappa shape index (κ1) is 17.0. The summed E-state index contributed by atoms with van der Waals surface area (Å²) in [6, 6.07) is 2.29. The highest BCUT2D eigenvalue weighted by atomic mass is 32.2. The largest absolute Gasteiger partial charge is 0.493 e. The van der Waals surface area contributed by atoms with Crippen molar-refractivity contribution in [2.45, 2.75) is 11.8 Å². The van der Waals surface area contributed by atoms with Crippen LogP contribution in [0.25, 0.3) is 0 Å². The van der Waals surface area contributed by atoms with Crippen LogP contribution in [0.5, 0.6) is 11.5 Å². The molecule has 0 atom stereocenters. The number of carbonyl (C=O) groups is 2. The van der Waals surface area contributed by atoms with Crippen LogP contribution in [0.15, 0.2) is 17.0 Å². The Morgan fingerprint density at radius 2 is 1.62 bits per heavy atom. The van der Waals surface area contributed by atoms with Gasteiger partial charge in [0.2, 0.25) is 0 Å². The van der Waals surface area contributed by atoms with Gasteiger partial charge in [-0.3, -0.25) is 4.79 Å². The molecule has 1 aromatic carbocycles. The third kappa shape index (κ3) is 3.72. The molecule has 0 radical (unpaired) electrons. The quantitative estimate of drug-likeness (QED) is 0.436. The Bertz CT molecular complexity index is 661. The number of ether oxygens (including phenoxy) is 3. The van der Waals surface area contributed by atoms with Crippen molar-refractivity contribution in [2.75, 3.05) is 27.1 Å². The Morgan fingerprint density at radius 3 is 2.05 bits per heavy atom. The van der Waals surface area contributed by atoms with Gasteiger partial charge in [-0.1, -0.05) is 0 Å². The summed E-state index contributed by atoms with van der Waals surface area (Å²) in [5.74, 6) is -1.91. The molecule has 0 N–H and O–H groups in total. The lowest BCUT2D eigenvalue weighted by atomic mass is 10.1. The number of Topliss-reactive ketones (excluding diaryl/α,β-unsaturated/α-hetero) is 1. The molecule has 0 aliphatic heterocycles. The van der Waals surface area contributed by atoms with Gasteiger partial charge in [-0.05, 0) is 13.0 Å². The average molecular weight is 316 g/mol. The van der Waals surface area contributed by atoms with Crippen LogP contribution >= 0.6 is 0 Å². The molecule has 0 aliphatic carbocycles. The second-order valence-corrected chi connectivity index (χ2v) is 6.01. The summed E-state index contributed by atoms with van der Waals surface area (Å²) in [6.07, 6.45) is 0.927. The van der Waals surface area contributed by atoms with Crippen LogP contribution in [0.2, 0.25) is 0 Å². The highest BCUT2D eigenvalue weighted by molar-refractivity contribution is 7.90. The molecular formula is C13H16O7S. The fraction of sp³-hybridized carbons (Fsp3) is 0.385. The zero-order chi connectivity index (χ0) is 16.2. The number of benzene rings is 1. The van der Waals surface area contributed by atoms with Gasteiger partial charge in [-0.15, -0.1) is 0 Å². The van der Waals surface area contributed by atoms with Crippen molar-refractivity contribution in [3.8, 4) is 11.5 Å². The van der Waals surface area contributed by atoms with Gasteiger partial charge >= 0.3 is 5.97 Å². The lowest BCUT2D eigenvalue weighted by Gasteiger charge is -2.12. The van der Waals surface area contributed by atoms with E-state index in [0.717, 1.165) is 18.4 Å². The van der Waals surface area contributed by atoms with Crippen molar-refractivity contribution in [2.24, 2.45) is 0 Å². The van der Waals surface area contributed by atoms with Crippen molar-refractivity contribution in [1.82, 2.24) is 0 Å². The van der Waals surface area contributed by atoms with Crippen molar-refractivity contribution in [3.05, 3.63) is 17.7 Å². The minimum absolute atomic E-state index is 0.00602. The molecule has 0 saturated carbocycles. The number of hydrogen-bond donors (Lipinski definition) is 0. The van der Waals surface area contributed by atoms with E-state index in [-0.39, 0.29) is 28.6 Å². The van der Waals surface area contributed by atoms with E-state index in [1.165, 1.54) is 21.1 Å². The molecule has 8 heteroatoms. The predicted molar refractivity (Wildman–Crippen MR) is 73.6 cm³/mol. The topological polar surface area (TPSA) is 96.0 Å². The fourth-order valence-corrected chi connectivity index (χ4v) is 2.52. The first-order valence-electron chi connectivity index (χ1n) is 5.93. The van der Waals surface area contributed by atoms with Gasteiger partial charge in [0.05, 0.1) is 31.3 Å². The molecule has 1 rings (SSSR count). The number of rotatable bonds is 6. The van der Waals surface area contributed by atoms with Crippen molar-refractivity contribution < 1.29 is 32.2 Å². The number of esters is 1. The summed E-state index contributed by atoms with van der Waals surface area (Å²) in [4.78, 5) is 23.3. The summed E-state index contributed by atoms with van der Waals surface area (Å²) >= 11 is 0. The standard InChI is InChI=1S/C13H16O7S/c1-5-20-13(15)12(14)8-6-9(18-2)10(19-3)7-11(8)21(4,16)17/h6-7H,5H2,1-4H3. The summed E-state index contributed by atoms with van der Waals surface area (Å²) in [6.45, 7) is 1.54. The molecule has 0 heterocycles. The Morgan fingerprint density at radius 1 is 1.10 bits per heavy atom. The fourth-order valence-electron chi connectivity index (χ4n) is 1.65. The summed E-state index contributed by atoms with van der Waals surface area (Å²) in [5.41, 5.74) is -0.311. The van der Waals surface area contributed by atoms with Crippen LogP contribution in [0.1, 0.15) is 17.3 Å². The van der Waals surface area contributed by atoms with E-state index in [9.17, 15) is 18.0 Å². The zero-order valence-electron chi connectivity index (χ0n) is 12.1.